The van der Waals surface area contributed by atoms with Crippen LogP contribution in [0.25, 0.3) is 0 Å². The van der Waals surface area contributed by atoms with Crippen molar-refractivity contribution in [2.45, 2.75) is 4.90 Å². The molecule has 0 atom stereocenters. The molecule has 1 N–H and O–H groups in total. The number of benzene rings is 1. The van der Waals surface area contributed by atoms with E-state index in [-0.39, 0.29) is 23.1 Å². The van der Waals surface area contributed by atoms with Gasteiger partial charge in [-0.1, -0.05) is 0 Å². The predicted octanol–water partition coefficient (Wildman–Crippen LogP) is -0.717. The van der Waals surface area contributed by atoms with Crippen LogP contribution in [-0.2, 0) is 19.6 Å². The summed E-state index contributed by atoms with van der Waals surface area (Å²) in [4.78, 5) is 25.8. The molecular weight excluding hydrogens is 350 g/mol. The van der Waals surface area contributed by atoms with Crippen molar-refractivity contribution in [1.82, 2.24) is 14.5 Å². The molecule has 0 saturated carbocycles. The molecule has 0 spiro atoms. The molecule has 0 radical (unpaired) electrons. The molecule has 0 aromatic heterocycles. The fourth-order valence-electron chi connectivity index (χ4n) is 2.42. The molecule has 10 heteroatoms. The van der Waals surface area contributed by atoms with Crippen molar-refractivity contribution in [3.8, 4) is 11.5 Å². The van der Waals surface area contributed by atoms with Gasteiger partial charge >= 0.3 is 0 Å². The van der Waals surface area contributed by atoms with E-state index in [1.165, 1.54) is 31.3 Å². The van der Waals surface area contributed by atoms with Gasteiger partial charge in [-0.15, -0.1) is 0 Å². The van der Waals surface area contributed by atoms with E-state index in [9.17, 15) is 18.0 Å². The van der Waals surface area contributed by atoms with Crippen LogP contribution in [0.4, 0.5) is 0 Å². The lowest BCUT2D eigenvalue weighted by Crippen LogP contribution is -2.50. The van der Waals surface area contributed by atoms with E-state index < -0.39 is 10.0 Å². The average molecular weight is 371 g/mol. The summed E-state index contributed by atoms with van der Waals surface area (Å²) >= 11 is 0. The Kier molecular flexibility index (Phi) is 6.21. The predicted molar refractivity (Wildman–Crippen MR) is 89.0 cm³/mol. The highest BCUT2D eigenvalue weighted by atomic mass is 32.2. The van der Waals surface area contributed by atoms with Crippen molar-refractivity contribution >= 4 is 22.3 Å². The Balaban J connectivity index is 2.04. The van der Waals surface area contributed by atoms with Crippen molar-refractivity contribution in [3.05, 3.63) is 18.2 Å². The van der Waals surface area contributed by atoms with Gasteiger partial charge in [0, 0.05) is 32.2 Å². The third kappa shape index (κ3) is 4.60. The fraction of sp³-hybridized carbons (Fsp3) is 0.467. The number of ether oxygens (including phenoxy) is 2. The second kappa shape index (κ2) is 8.17. The van der Waals surface area contributed by atoms with Crippen LogP contribution in [0.1, 0.15) is 0 Å². The topological polar surface area (TPSA) is 105 Å². The quantitative estimate of drug-likeness (QED) is 0.635. The molecule has 1 saturated heterocycles. The van der Waals surface area contributed by atoms with Crippen LogP contribution in [0.2, 0.25) is 0 Å². The third-order valence-electron chi connectivity index (χ3n) is 3.89. The van der Waals surface area contributed by atoms with Crippen LogP contribution in [0.15, 0.2) is 23.1 Å². The van der Waals surface area contributed by atoms with Gasteiger partial charge in [0.1, 0.15) is 16.4 Å². The van der Waals surface area contributed by atoms with Crippen LogP contribution in [0.5, 0.6) is 11.5 Å². The van der Waals surface area contributed by atoms with E-state index in [2.05, 4.69) is 4.72 Å². The maximum absolute atomic E-state index is 12.5. The number of amides is 2. The van der Waals surface area contributed by atoms with Crippen molar-refractivity contribution < 1.29 is 27.5 Å². The summed E-state index contributed by atoms with van der Waals surface area (Å²) < 4.78 is 37.4. The summed E-state index contributed by atoms with van der Waals surface area (Å²) in [6.07, 6.45) is 0.736. The standard InChI is InChI=1S/C15H21N3O6S/c1-23-12-3-4-13(24-2)14(9-12)25(21,22)16-10-15(20)18-7-5-17(11-19)6-8-18/h3-4,9,11,16H,5-8,10H2,1-2H3. The molecule has 1 fully saturated rings. The maximum Gasteiger partial charge on any atom is 0.244 e. The van der Waals surface area contributed by atoms with Gasteiger partial charge in [0.2, 0.25) is 22.3 Å². The summed E-state index contributed by atoms with van der Waals surface area (Å²) in [5.74, 6) is 0.161. The van der Waals surface area contributed by atoms with Crippen molar-refractivity contribution in [2.75, 3.05) is 46.9 Å². The van der Waals surface area contributed by atoms with Gasteiger partial charge in [0.05, 0.1) is 20.8 Å². The van der Waals surface area contributed by atoms with Gasteiger partial charge in [0.25, 0.3) is 0 Å². The molecule has 1 aliphatic heterocycles. The number of carbonyl (C=O) groups is 2. The molecule has 0 unspecified atom stereocenters. The first-order chi connectivity index (χ1) is 11.9. The second-order valence-electron chi connectivity index (χ2n) is 5.36. The van der Waals surface area contributed by atoms with Crippen LogP contribution in [-0.4, -0.2) is 77.5 Å². The number of piperazine rings is 1. The molecule has 0 aliphatic carbocycles. The van der Waals surface area contributed by atoms with E-state index in [0.717, 1.165) is 6.41 Å². The van der Waals surface area contributed by atoms with Gasteiger partial charge in [0.15, 0.2) is 0 Å². The highest BCUT2D eigenvalue weighted by Crippen LogP contribution is 2.27. The van der Waals surface area contributed by atoms with Gasteiger partial charge in [-0.25, -0.2) is 13.1 Å². The maximum atomic E-state index is 12.5. The number of nitrogens with one attached hydrogen (secondary N) is 1. The van der Waals surface area contributed by atoms with Gasteiger partial charge < -0.3 is 19.3 Å². The van der Waals surface area contributed by atoms with Crippen LogP contribution < -0.4 is 14.2 Å². The van der Waals surface area contributed by atoms with Crippen LogP contribution in [0.3, 0.4) is 0 Å². The molecule has 2 rings (SSSR count). The Morgan fingerprint density at radius 3 is 2.44 bits per heavy atom. The zero-order chi connectivity index (χ0) is 18.4. The number of methoxy groups -OCH3 is 2. The molecule has 2 amide bonds. The summed E-state index contributed by atoms with van der Waals surface area (Å²) in [6, 6.07) is 4.39. The molecule has 25 heavy (non-hydrogen) atoms. The SMILES string of the molecule is COc1ccc(OC)c(S(=O)(=O)NCC(=O)N2CCN(C=O)CC2)c1. The highest BCUT2D eigenvalue weighted by Gasteiger charge is 2.24. The fourth-order valence-corrected chi connectivity index (χ4v) is 3.57. The molecule has 138 valence electrons. The Morgan fingerprint density at radius 1 is 1.20 bits per heavy atom. The van der Waals surface area contributed by atoms with Gasteiger partial charge in [-0.3, -0.25) is 9.59 Å². The number of rotatable bonds is 7. The average Bonchev–Trinajstić information content (AvgIpc) is 2.65. The molecule has 9 nitrogen and oxygen atoms in total. The number of hydrogen-bond acceptors (Lipinski definition) is 6. The monoisotopic (exact) mass is 371 g/mol. The molecule has 1 aromatic rings. The zero-order valence-electron chi connectivity index (χ0n) is 14.1. The number of sulfonamides is 1. The number of hydrogen-bond donors (Lipinski definition) is 1. The Labute approximate surface area is 146 Å². The summed E-state index contributed by atoms with van der Waals surface area (Å²) in [5, 5.41) is 0. The second-order valence-corrected chi connectivity index (χ2v) is 7.10. The third-order valence-corrected chi connectivity index (χ3v) is 5.31. The van der Waals surface area contributed by atoms with E-state index in [4.69, 9.17) is 9.47 Å². The van der Waals surface area contributed by atoms with Crippen LogP contribution in [0, 0.1) is 0 Å². The van der Waals surface area contributed by atoms with E-state index in [1.54, 1.807) is 11.0 Å². The van der Waals surface area contributed by atoms with Crippen LogP contribution >= 0.6 is 0 Å². The highest BCUT2D eigenvalue weighted by molar-refractivity contribution is 7.89. The van der Waals surface area contributed by atoms with E-state index in [1.807, 2.05) is 0 Å². The largest absolute Gasteiger partial charge is 0.497 e. The smallest absolute Gasteiger partial charge is 0.244 e. The lowest BCUT2D eigenvalue weighted by Gasteiger charge is -2.32. The number of nitrogens with zero attached hydrogens (tertiary/aromatic N) is 2. The lowest BCUT2D eigenvalue weighted by atomic mass is 10.3. The van der Waals surface area contributed by atoms with Crippen molar-refractivity contribution in [1.29, 1.82) is 0 Å². The molecule has 1 heterocycles. The van der Waals surface area contributed by atoms with Crippen molar-refractivity contribution in [2.24, 2.45) is 0 Å². The van der Waals surface area contributed by atoms with Gasteiger partial charge in [-0.2, -0.15) is 0 Å². The Bertz CT molecular complexity index is 729. The minimum Gasteiger partial charge on any atom is -0.497 e. The minimum absolute atomic E-state index is 0.104. The van der Waals surface area contributed by atoms with E-state index >= 15 is 0 Å². The summed E-state index contributed by atoms with van der Waals surface area (Å²) in [7, 11) is -1.17. The summed E-state index contributed by atoms with van der Waals surface area (Å²) in [6.45, 7) is 1.25. The molecule has 0 bridgehead atoms. The lowest BCUT2D eigenvalue weighted by molar-refractivity contribution is -0.134. The Morgan fingerprint density at radius 2 is 1.88 bits per heavy atom. The summed E-state index contributed by atoms with van der Waals surface area (Å²) in [5.41, 5.74) is 0. The first-order valence-electron chi connectivity index (χ1n) is 7.60. The first kappa shape index (κ1) is 19.0. The minimum atomic E-state index is -3.95. The van der Waals surface area contributed by atoms with Crippen molar-refractivity contribution in [3.63, 3.8) is 0 Å². The van der Waals surface area contributed by atoms with Gasteiger partial charge in [-0.05, 0) is 12.1 Å². The molecular formula is C15H21N3O6S. The zero-order valence-corrected chi connectivity index (χ0v) is 14.9. The number of carbonyl (C=O) groups excluding carboxylic acids is 2. The Hall–Kier alpha value is -2.33. The molecule has 1 aromatic carbocycles. The molecule has 1 aliphatic rings. The normalized spacial score (nSPS) is 15.0. The van der Waals surface area contributed by atoms with E-state index in [0.29, 0.717) is 31.9 Å². The first-order valence-corrected chi connectivity index (χ1v) is 9.08.